The molecule has 4 aromatic carbocycles. The Hall–Kier alpha value is -4.80. The molecule has 1 aliphatic heterocycles. The maximum absolute atomic E-state index is 12.7. The minimum Gasteiger partial charge on any atom is -0.397 e. The minimum atomic E-state index is -0.543. The van der Waals surface area contributed by atoms with Gasteiger partial charge in [-0.25, -0.2) is 0 Å². The van der Waals surface area contributed by atoms with Crippen LogP contribution in [0.15, 0.2) is 110 Å². The van der Waals surface area contributed by atoms with Crippen LogP contribution in [0.5, 0.6) is 0 Å². The molecule has 56 heavy (non-hydrogen) atoms. The van der Waals surface area contributed by atoms with Gasteiger partial charge in [-0.3, -0.25) is 14.5 Å². The highest BCUT2D eigenvalue weighted by Gasteiger charge is 2.34. The number of nitrogens with two attached hydrogens (primary N) is 1. The summed E-state index contributed by atoms with van der Waals surface area (Å²) in [6, 6.07) is 32.5. The fourth-order valence-electron chi connectivity index (χ4n) is 7.87. The Labute approximate surface area is 332 Å². The first-order valence-corrected chi connectivity index (χ1v) is 20.3. The molecule has 0 bridgehead atoms. The van der Waals surface area contributed by atoms with Gasteiger partial charge in [-0.2, -0.15) is 0 Å². The third kappa shape index (κ3) is 11.9. The highest BCUT2D eigenvalue weighted by atomic mass is 16.7. The van der Waals surface area contributed by atoms with Crippen LogP contribution < -0.4 is 16.4 Å². The normalized spacial score (nSPS) is 18.5. The third-order valence-corrected chi connectivity index (χ3v) is 11.0. The summed E-state index contributed by atoms with van der Waals surface area (Å²) in [5, 5.41) is 15.6. The number of carbonyl (C=O) groups excluding carboxylic acids is 2. The number of nitrogen functional groups attached to an aromatic ring is 1. The van der Waals surface area contributed by atoms with Gasteiger partial charge >= 0.3 is 0 Å². The van der Waals surface area contributed by atoms with Gasteiger partial charge in [0.1, 0.15) is 0 Å². The zero-order valence-corrected chi connectivity index (χ0v) is 32.5. The number of benzene rings is 4. The summed E-state index contributed by atoms with van der Waals surface area (Å²) in [4.78, 5) is 27.5. The largest absolute Gasteiger partial charge is 0.397 e. The smallest absolute Gasteiger partial charge is 0.224 e. The van der Waals surface area contributed by atoms with E-state index in [0.29, 0.717) is 36.8 Å². The van der Waals surface area contributed by atoms with Crippen LogP contribution in [0.3, 0.4) is 0 Å². The second kappa shape index (κ2) is 20.9. The van der Waals surface area contributed by atoms with Crippen LogP contribution in [0.25, 0.3) is 11.1 Å². The summed E-state index contributed by atoms with van der Waals surface area (Å²) in [6.45, 7) is 6.16. The van der Waals surface area contributed by atoms with Gasteiger partial charge in [-0.15, -0.1) is 6.58 Å². The van der Waals surface area contributed by atoms with Crippen molar-refractivity contribution >= 4 is 23.2 Å². The number of aliphatic hydroxyl groups excluding tert-OH is 1. The van der Waals surface area contributed by atoms with E-state index >= 15 is 0 Å². The number of hydrogen-bond donors (Lipinski definition) is 4. The van der Waals surface area contributed by atoms with Crippen molar-refractivity contribution in [3.05, 3.63) is 132 Å². The van der Waals surface area contributed by atoms with Crippen LogP contribution >= 0.6 is 0 Å². The van der Waals surface area contributed by atoms with E-state index in [1.165, 1.54) is 25.7 Å². The summed E-state index contributed by atoms with van der Waals surface area (Å²) < 4.78 is 13.5. The van der Waals surface area contributed by atoms with Crippen molar-refractivity contribution in [1.82, 2.24) is 10.2 Å². The Kier molecular flexibility index (Phi) is 15.3. The fraction of sp³-hybridized carbons (Fsp3) is 0.404. The first-order valence-electron chi connectivity index (χ1n) is 20.3. The Balaban J connectivity index is 1.02. The summed E-state index contributed by atoms with van der Waals surface area (Å²) in [7, 11) is 0. The quantitative estimate of drug-likeness (QED) is 0.0427. The summed E-state index contributed by atoms with van der Waals surface area (Å²) >= 11 is 0. The molecule has 0 radical (unpaired) electrons. The Bertz CT molecular complexity index is 1870. The van der Waals surface area contributed by atoms with Crippen LogP contribution in [0.2, 0.25) is 0 Å². The number of anilines is 2. The van der Waals surface area contributed by atoms with E-state index in [0.717, 1.165) is 78.6 Å². The van der Waals surface area contributed by atoms with Gasteiger partial charge in [-0.1, -0.05) is 105 Å². The van der Waals surface area contributed by atoms with Crippen LogP contribution in [0.1, 0.15) is 105 Å². The number of amides is 2. The molecule has 0 spiro atoms. The predicted octanol–water partition coefficient (Wildman–Crippen LogP) is 9.00. The zero-order chi connectivity index (χ0) is 39.1. The Morgan fingerprint density at radius 1 is 0.804 bits per heavy atom. The lowest BCUT2D eigenvalue weighted by atomic mass is 9.98. The average Bonchev–Trinajstić information content (AvgIpc) is 3.78. The van der Waals surface area contributed by atoms with Gasteiger partial charge in [0, 0.05) is 50.5 Å². The van der Waals surface area contributed by atoms with E-state index in [2.05, 4.69) is 70.6 Å². The van der Waals surface area contributed by atoms with Crippen LogP contribution in [0, 0.1) is 0 Å². The second-order valence-electron chi connectivity index (χ2n) is 15.2. The van der Waals surface area contributed by atoms with E-state index in [9.17, 15) is 14.7 Å². The lowest BCUT2D eigenvalue weighted by molar-refractivity contribution is -0.253. The molecule has 2 fully saturated rings. The predicted molar refractivity (Wildman–Crippen MR) is 223 cm³/mol. The maximum Gasteiger partial charge on any atom is 0.224 e. The molecule has 1 saturated carbocycles. The molecular weight excluding hydrogens is 701 g/mol. The van der Waals surface area contributed by atoms with Gasteiger partial charge < -0.3 is 30.9 Å². The molecule has 0 aromatic heterocycles. The molecule has 6 rings (SSSR count). The standard InChI is InChI=1S/C47H58N4O5/c1-2-27-51(40-17-7-8-18-40)32-41-30-44(36-25-23-34(33-52)24-26-36)56-47(55-41)39-16-12-15-38(29-39)37-14-11-13-35(28-37)31-49-45(53)21-5-3-4-6-22-46(54)50-43-20-10-9-19-42(43)48/h2,9-16,19-20,23-26,28-29,40-41,44,47,52H,1,3-8,17-18,21-22,27,30-33,48H2,(H,49,53)(H,50,54)/t41-,44+,47+/m0/s1. The number of nitrogens with zero attached hydrogens (tertiary/aromatic N) is 1. The van der Waals surface area contributed by atoms with E-state index in [1.807, 2.05) is 42.5 Å². The van der Waals surface area contributed by atoms with Crippen molar-refractivity contribution in [1.29, 1.82) is 0 Å². The molecule has 296 valence electrons. The lowest BCUT2D eigenvalue weighted by Crippen LogP contribution is -2.43. The molecule has 5 N–H and O–H groups in total. The Morgan fingerprint density at radius 2 is 1.52 bits per heavy atom. The highest BCUT2D eigenvalue weighted by molar-refractivity contribution is 5.93. The molecule has 9 nitrogen and oxygen atoms in total. The van der Waals surface area contributed by atoms with E-state index in [-0.39, 0.29) is 30.6 Å². The number of carbonyl (C=O) groups is 2. The lowest BCUT2D eigenvalue weighted by Gasteiger charge is -2.39. The molecule has 1 aliphatic carbocycles. The topological polar surface area (TPSA) is 126 Å². The van der Waals surface area contributed by atoms with Crippen molar-refractivity contribution in [2.24, 2.45) is 0 Å². The van der Waals surface area contributed by atoms with Gasteiger partial charge in [0.15, 0.2) is 6.29 Å². The van der Waals surface area contributed by atoms with Crippen LogP contribution in [0.4, 0.5) is 11.4 Å². The second-order valence-corrected chi connectivity index (χ2v) is 15.2. The molecule has 1 saturated heterocycles. The number of rotatable bonds is 19. The van der Waals surface area contributed by atoms with Crippen LogP contribution in [-0.2, 0) is 32.2 Å². The number of unbranched alkanes of at least 4 members (excludes halogenated alkanes) is 3. The summed E-state index contributed by atoms with van der Waals surface area (Å²) in [5.74, 6) is -0.0224. The first-order chi connectivity index (χ1) is 27.4. The number of nitrogens with one attached hydrogen (secondary N) is 2. The van der Waals surface area contributed by atoms with Crippen molar-refractivity contribution in [3.8, 4) is 11.1 Å². The molecular formula is C47H58N4O5. The highest BCUT2D eigenvalue weighted by Crippen LogP contribution is 2.39. The first kappa shape index (κ1) is 40.9. The van der Waals surface area contributed by atoms with Gasteiger partial charge in [0.25, 0.3) is 0 Å². The Morgan fingerprint density at radius 3 is 2.25 bits per heavy atom. The third-order valence-electron chi connectivity index (χ3n) is 11.0. The average molecular weight is 759 g/mol. The molecule has 4 aromatic rings. The molecule has 2 amide bonds. The van der Waals surface area contributed by atoms with Crippen molar-refractivity contribution in [2.75, 3.05) is 24.1 Å². The summed E-state index contributed by atoms with van der Waals surface area (Å²) in [6.07, 6.45) is 11.2. The van der Waals surface area contributed by atoms with Crippen LogP contribution in [-0.4, -0.2) is 47.1 Å². The molecule has 1 heterocycles. The number of aliphatic hydroxyl groups is 1. The molecule has 0 unspecified atom stereocenters. The van der Waals surface area contributed by atoms with Gasteiger partial charge in [0.2, 0.25) is 11.8 Å². The van der Waals surface area contributed by atoms with E-state index < -0.39 is 6.29 Å². The maximum atomic E-state index is 12.7. The monoisotopic (exact) mass is 758 g/mol. The molecule has 2 aliphatic rings. The number of para-hydroxylation sites is 2. The fourth-order valence-corrected chi connectivity index (χ4v) is 7.87. The van der Waals surface area contributed by atoms with Gasteiger partial charge in [0.05, 0.1) is 30.2 Å². The van der Waals surface area contributed by atoms with Crippen molar-refractivity contribution in [3.63, 3.8) is 0 Å². The van der Waals surface area contributed by atoms with Crippen molar-refractivity contribution in [2.45, 2.75) is 108 Å². The summed E-state index contributed by atoms with van der Waals surface area (Å²) in [5.41, 5.74) is 13.2. The van der Waals surface area contributed by atoms with Crippen molar-refractivity contribution < 1.29 is 24.2 Å². The van der Waals surface area contributed by atoms with Gasteiger partial charge in [-0.05, 0) is 77.8 Å². The van der Waals surface area contributed by atoms with E-state index in [4.69, 9.17) is 15.2 Å². The zero-order valence-electron chi connectivity index (χ0n) is 32.5. The number of hydrogen-bond acceptors (Lipinski definition) is 7. The number of ether oxygens (including phenoxy) is 2. The molecule has 9 heteroatoms. The molecule has 3 atom stereocenters. The SMILES string of the molecule is C=CCN(C[C@@H]1C[C@H](c2ccc(CO)cc2)O[C@H](c2cccc(-c3cccc(CNC(=O)CCCCCCC(=O)Nc4ccccc4N)c3)c2)O1)C1CCCC1. The minimum absolute atomic E-state index is 0.00931. The van der Waals surface area contributed by atoms with E-state index in [1.54, 1.807) is 12.1 Å².